The van der Waals surface area contributed by atoms with Crippen LogP contribution in [0.1, 0.15) is 26.3 Å². The summed E-state index contributed by atoms with van der Waals surface area (Å²) in [5.74, 6) is -1.95. The first-order chi connectivity index (χ1) is 14.7. The highest BCUT2D eigenvalue weighted by atomic mass is 16.5. The van der Waals surface area contributed by atoms with Gasteiger partial charge in [0.25, 0.3) is 0 Å². The van der Waals surface area contributed by atoms with E-state index in [-0.39, 0.29) is 32.0 Å². The summed E-state index contributed by atoms with van der Waals surface area (Å²) >= 11 is 0. The summed E-state index contributed by atoms with van der Waals surface area (Å²) in [6, 6.07) is 11.6. The van der Waals surface area contributed by atoms with E-state index in [1.807, 2.05) is 56.3 Å². The van der Waals surface area contributed by atoms with E-state index < -0.39 is 30.1 Å². The van der Waals surface area contributed by atoms with Crippen LogP contribution < -0.4 is 5.32 Å². The molecule has 0 aliphatic heterocycles. The second-order valence-electron chi connectivity index (χ2n) is 7.79. The molecule has 8 heteroatoms. The van der Waals surface area contributed by atoms with Crippen molar-refractivity contribution in [3.8, 4) is 0 Å². The molecule has 0 saturated carbocycles. The fraction of sp³-hybridized carbons (Fsp3) is 0.435. The number of carbonyl (C=O) groups excluding carboxylic acids is 2. The van der Waals surface area contributed by atoms with Crippen molar-refractivity contribution >= 4 is 28.7 Å². The summed E-state index contributed by atoms with van der Waals surface area (Å²) in [5, 5.41) is 24.2. The Bertz CT molecular complexity index is 914. The number of aliphatic hydroxyl groups is 1. The lowest BCUT2D eigenvalue weighted by Gasteiger charge is -2.28. The smallest absolute Gasteiger partial charge is 0.336 e. The van der Waals surface area contributed by atoms with E-state index >= 15 is 0 Å². The molecule has 2 unspecified atom stereocenters. The van der Waals surface area contributed by atoms with Gasteiger partial charge < -0.3 is 25.2 Å². The largest absolute Gasteiger partial charge is 0.480 e. The molecule has 0 heterocycles. The van der Waals surface area contributed by atoms with Crippen molar-refractivity contribution < 1.29 is 29.3 Å². The normalized spacial score (nSPS) is 12.9. The van der Waals surface area contributed by atoms with Crippen LogP contribution in [0.5, 0.6) is 0 Å². The van der Waals surface area contributed by atoms with Crippen molar-refractivity contribution in [2.75, 3.05) is 19.7 Å². The second kappa shape index (κ2) is 11.3. The van der Waals surface area contributed by atoms with Gasteiger partial charge in [-0.15, -0.1) is 0 Å². The zero-order valence-corrected chi connectivity index (χ0v) is 18.1. The number of amides is 2. The van der Waals surface area contributed by atoms with E-state index in [0.29, 0.717) is 0 Å². The van der Waals surface area contributed by atoms with Crippen LogP contribution in [0.2, 0.25) is 0 Å². The van der Waals surface area contributed by atoms with Crippen molar-refractivity contribution in [3.63, 3.8) is 0 Å². The molecule has 31 heavy (non-hydrogen) atoms. The third kappa shape index (κ3) is 7.25. The summed E-state index contributed by atoms with van der Waals surface area (Å²) in [6.07, 6.45) is -1.41. The molecule has 0 aliphatic carbocycles. The summed E-state index contributed by atoms with van der Waals surface area (Å²) in [4.78, 5) is 37.6. The Kier molecular flexibility index (Phi) is 8.81. The van der Waals surface area contributed by atoms with Crippen LogP contribution in [0, 0.1) is 5.92 Å². The van der Waals surface area contributed by atoms with Gasteiger partial charge in [0.1, 0.15) is 6.04 Å². The Hall–Kier alpha value is -3.13. The minimum atomic E-state index is -1.51. The lowest BCUT2D eigenvalue weighted by molar-refractivity contribution is -0.153. The number of ether oxygens (including phenoxy) is 1. The standard InChI is InChI=1S/C23H30N2O6/c1-4-31-22(29)20(26)14-25(13-15(2)3)23(30)24-19(21(27)28)12-16-9-10-17-7-5-6-8-18(17)11-16/h5-11,15,19-20,26H,4,12-14H2,1-3H3,(H,24,30)(H,27,28). The molecule has 0 fully saturated rings. The van der Waals surface area contributed by atoms with Crippen LogP contribution in [-0.4, -0.2) is 64.9 Å². The minimum Gasteiger partial charge on any atom is -0.480 e. The van der Waals surface area contributed by atoms with E-state index in [2.05, 4.69) is 5.32 Å². The summed E-state index contributed by atoms with van der Waals surface area (Å²) < 4.78 is 4.78. The Morgan fingerprint density at radius 2 is 1.74 bits per heavy atom. The van der Waals surface area contributed by atoms with E-state index in [4.69, 9.17) is 4.74 Å². The minimum absolute atomic E-state index is 0.0453. The first-order valence-electron chi connectivity index (χ1n) is 10.3. The topological polar surface area (TPSA) is 116 Å². The van der Waals surface area contributed by atoms with Gasteiger partial charge in [-0.2, -0.15) is 0 Å². The van der Waals surface area contributed by atoms with Crippen LogP contribution >= 0.6 is 0 Å². The molecular weight excluding hydrogens is 400 g/mol. The van der Waals surface area contributed by atoms with Gasteiger partial charge in [0.15, 0.2) is 6.10 Å². The number of urea groups is 1. The molecule has 168 valence electrons. The maximum Gasteiger partial charge on any atom is 0.336 e. The molecule has 0 aliphatic rings. The molecule has 0 aromatic heterocycles. The predicted octanol–water partition coefficient (Wildman–Crippen LogP) is 2.43. The number of carboxylic acid groups (broad SMARTS) is 1. The number of nitrogens with zero attached hydrogens (tertiary/aromatic N) is 1. The summed E-state index contributed by atoms with van der Waals surface area (Å²) in [6.45, 7) is 5.43. The van der Waals surface area contributed by atoms with Crippen LogP contribution in [0.25, 0.3) is 10.8 Å². The van der Waals surface area contributed by atoms with Gasteiger partial charge in [0.2, 0.25) is 0 Å². The first-order valence-corrected chi connectivity index (χ1v) is 10.3. The molecule has 2 amide bonds. The van der Waals surface area contributed by atoms with E-state index in [1.54, 1.807) is 6.92 Å². The van der Waals surface area contributed by atoms with Gasteiger partial charge in [0.05, 0.1) is 13.2 Å². The Balaban J connectivity index is 2.12. The molecule has 0 spiro atoms. The Morgan fingerprint density at radius 1 is 1.06 bits per heavy atom. The lowest BCUT2D eigenvalue weighted by Crippen LogP contribution is -2.52. The monoisotopic (exact) mass is 430 g/mol. The van der Waals surface area contributed by atoms with Gasteiger partial charge in [-0.1, -0.05) is 56.3 Å². The molecule has 2 aromatic carbocycles. The van der Waals surface area contributed by atoms with Crippen molar-refractivity contribution in [3.05, 3.63) is 48.0 Å². The van der Waals surface area contributed by atoms with Gasteiger partial charge in [-0.05, 0) is 29.2 Å². The Morgan fingerprint density at radius 3 is 2.35 bits per heavy atom. The van der Waals surface area contributed by atoms with Gasteiger partial charge in [-0.3, -0.25) is 0 Å². The van der Waals surface area contributed by atoms with E-state index in [9.17, 15) is 24.6 Å². The number of hydrogen-bond acceptors (Lipinski definition) is 5. The fourth-order valence-electron chi connectivity index (χ4n) is 3.24. The van der Waals surface area contributed by atoms with E-state index in [1.165, 1.54) is 4.90 Å². The summed E-state index contributed by atoms with van der Waals surface area (Å²) in [7, 11) is 0. The first kappa shape index (κ1) is 24.1. The molecule has 0 radical (unpaired) electrons. The number of aliphatic hydroxyl groups excluding tert-OH is 1. The number of esters is 1. The lowest BCUT2D eigenvalue weighted by atomic mass is 10.0. The SMILES string of the molecule is CCOC(=O)C(O)CN(CC(C)C)C(=O)NC(Cc1ccc2ccccc2c1)C(=O)O. The zero-order valence-electron chi connectivity index (χ0n) is 18.1. The maximum absolute atomic E-state index is 12.8. The molecule has 0 saturated heterocycles. The van der Waals surface area contributed by atoms with Crippen LogP contribution in [-0.2, 0) is 20.7 Å². The van der Waals surface area contributed by atoms with Crippen LogP contribution in [0.15, 0.2) is 42.5 Å². The van der Waals surface area contributed by atoms with Crippen LogP contribution in [0.4, 0.5) is 4.79 Å². The number of nitrogens with one attached hydrogen (secondary N) is 1. The molecular formula is C23H30N2O6. The highest BCUT2D eigenvalue weighted by Crippen LogP contribution is 2.17. The van der Waals surface area contributed by atoms with Gasteiger partial charge >= 0.3 is 18.0 Å². The molecule has 2 aromatic rings. The zero-order chi connectivity index (χ0) is 23.0. The number of benzene rings is 2. The third-order valence-corrected chi connectivity index (χ3v) is 4.67. The molecule has 3 N–H and O–H groups in total. The number of aliphatic carboxylic acids is 1. The van der Waals surface area contributed by atoms with E-state index in [0.717, 1.165) is 16.3 Å². The van der Waals surface area contributed by atoms with Crippen molar-refractivity contribution in [1.29, 1.82) is 0 Å². The Labute approximate surface area is 181 Å². The number of hydrogen-bond donors (Lipinski definition) is 3. The molecule has 0 bridgehead atoms. The highest BCUT2D eigenvalue weighted by Gasteiger charge is 2.27. The number of carbonyl (C=O) groups is 3. The van der Waals surface area contributed by atoms with Crippen molar-refractivity contribution in [2.24, 2.45) is 5.92 Å². The average Bonchev–Trinajstić information content (AvgIpc) is 2.72. The number of fused-ring (bicyclic) bond motifs is 1. The summed E-state index contributed by atoms with van der Waals surface area (Å²) in [5.41, 5.74) is 0.772. The predicted molar refractivity (Wildman–Crippen MR) is 117 cm³/mol. The van der Waals surface area contributed by atoms with Gasteiger partial charge in [-0.25, -0.2) is 14.4 Å². The van der Waals surface area contributed by atoms with Gasteiger partial charge in [0, 0.05) is 13.0 Å². The molecule has 2 rings (SSSR count). The third-order valence-electron chi connectivity index (χ3n) is 4.67. The number of carboxylic acids is 1. The van der Waals surface area contributed by atoms with Crippen LogP contribution in [0.3, 0.4) is 0 Å². The molecule has 2 atom stereocenters. The average molecular weight is 431 g/mol. The molecule has 8 nitrogen and oxygen atoms in total. The van der Waals surface area contributed by atoms with Crippen molar-refractivity contribution in [2.45, 2.75) is 39.3 Å². The maximum atomic E-state index is 12.8. The quantitative estimate of drug-likeness (QED) is 0.499. The second-order valence-corrected chi connectivity index (χ2v) is 7.79. The highest BCUT2D eigenvalue weighted by molar-refractivity contribution is 5.85. The fourth-order valence-corrected chi connectivity index (χ4v) is 3.24. The number of rotatable bonds is 10. The van der Waals surface area contributed by atoms with Crippen molar-refractivity contribution in [1.82, 2.24) is 10.2 Å².